The van der Waals surface area contributed by atoms with Crippen LogP contribution in [0.2, 0.25) is 10.0 Å². The van der Waals surface area contributed by atoms with Gasteiger partial charge in [0.25, 0.3) is 0 Å². The number of piperazine rings is 1. The molecular weight excluding hydrogens is 367 g/mol. The minimum Gasteiger partial charge on any atom is -0.368 e. The van der Waals surface area contributed by atoms with Gasteiger partial charge >= 0.3 is 0 Å². The Morgan fingerprint density at radius 2 is 1.58 bits per heavy atom. The Balaban J connectivity index is 1.56. The average Bonchev–Trinajstić information content (AvgIpc) is 2.63. The summed E-state index contributed by atoms with van der Waals surface area (Å²) in [6, 6.07) is 11.9. The Hall–Kier alpha value is -1.71. The van der Waals surface area contributed by atoms with Crippen molar-refractivity contribution >= 4 is 34.8 Å². The highest BCUT2D eigenvalue weighted by atomic mass is 35.5. The van der Waals surface area contributed by atoms with E-state index in [-0.39, 0.29) is 5.91 Å². The fourth-order valence-corrected chi connectivity index (χ4v) is 4.02. The molecule has 2 aromatic rings. The number of carbonyl (C=O) groups is 1. The van der Waals surface area contributed by atoms with E-state index in [0.717, 1.165) is 31.7 Å². The Bertz CT molecular complexity index is 778. The van der Waals surface area contributed by atoms with E-state index >= 15 is 0 Å². The maximum Gasteiger partial charge on any atom is 0.223 e. The van der Waals surface area contributed by atoms with Gasteiger partial charge in [0.1, 0.15) is 0 Å². The third kappa shape index (κ3) is 4.16. The normalized spacial score (nSPS) is 14.6. The van der Waals surface area contributed by atoms with Crippen molar-refractivity contribution in [1.29, 1.82) is 0 Å². The van der Waals surface area contributed by atoms with Crippen LogP contribution in [0.5, 0.6) is 0 Å². The van der Waals surface area contributed by atoms with Gasteiger partial charge in [-0.15, -0.1) is 0 Å². The van der Waals surface area contributed by atoms with Gasteiger partial charge in [-0.1, -0.05) is 41.4 Å². The van der Waals surface area contributed by atoms with Crippen LogP contribution in [-0.4, -0.2) is 37.0 Å². The van der Waals surface area contributed by atoms with Gasteiger partial charge in [-0.2, -0.15) is 0 Å². The standard InChI is InChI=1S/C21H24Cl2N2O/c1-15-5-3-8-20(16(15)2)24-11-13-25(14-12-24)21(26)10-9-17-18(22)6-4-7-19(17)23/h3-8H,9-14H2,1-2H3. The van der Waals surface area contributed by atoms with Crippen LogP contribution in [0.1, 0.15) is 23.1 Å². The van der Waals surface area contributed by atoms with E-state index in [0.29, 0.717) is 22.9 Å². The zero-order valence-corrected chi connectivity index (χ0v) is 16.8. The summed E-state index contributed by atoms with van der Waals surface area (Å²) < 4.78 is 0. The topological polar surface area (TPSA) is 23.6 Å². The Morgan fingerprint density at radius 3 is 2.23 bits per heavy atom. The van der Waals surface area contributed by atoms with Crippen molar-refractivity contribution in [2.45, 2.75) is 26.7 Å². The molecule has 1 amide bonds. The number of halogens is 2. The molecule has 0 atom stereocenters. The first-order chi connectivity index (χ1) is 12.5. The molecule has 5 heteroatoms. The van der Waals surface area contributed by atoms with Gasteiger partial charge in [0.05, 0.1) is 0 Å². The van der Waals surface area contributed by atoms with Gasteiger partial charge in [-0.05, 0) is 55.2 Å². The summed E-state index contributed by atoms with van der Waals surface area (Å²) in [5.41, 5.74) is 4.76. The summed E-state index contributed by atoms with van der Waals surface area (Å²) >= 11 is 12.4. The fourth-order valence-electron chi connectivity index (χ4n) is 3.44. The van der Waals surface area contributed by atoms with Gasteiger partial charge in [-0.3, -0.25) is 4.79 Å². The smallest absolute Gasteiger partial charge is 0.223 e. The van der Waals surface area contributed by atoms with Crippen LogP contribution in [0.3, 0.4) is 0 Å². The van der Waals surface area contributed by atoms with Crippen molar-refractivity contribution in [3.63, 3.8) is 0 Å². The number of carbonyl (C=O) groups excluding carboxylic acids is 1. The van der Waals surface area contributed by atoms with E-state index in [4.69, 9.17) is 23.2 Å². The summed E-state index contributed by atoms with van der Waals surface area (Å²) in [4.78, 5) is 16.9. The first-order valence-corrected chi connectivity index (χ1v) is 9.75. The highest BCUT2D eigenvalue weighted by Gasteiger charge is 2.22. The van der Waals surface area contributed by atoms with Gasteiger partial charge in [0, 0.05) is 48.3 Å². The molecule has 1 heterocycles. The minimum atomic E-state index is 0.168. The monoisotopic (exact) mass is 390 g/mol. The molecule has 0 radical (unpaired) electrons. The highest BCUT2D eigenvalue weighted by molar-refractivity contribution is 6.36. The van der Waals surface area contributed by atoms with Gasteiger partial charge < -0.3 is 9.80 Å². The highest BCUT2D eigenvalue weighted by Crippen LogP contribution is 2.26. The number of nitrogens with zero attached hydrogens (tertiary/aromatic N) is 2. The number of aryl methyl sites for hydroxylation is 1. The molecule has 138 valence electrons. The Morgan fingerprint density at radius 1 is 0.962 bits per heavy atom. The van der Waals surface area contributed by atoms with E-state index in [1.165, 1.54) is 16.8 Å². The quantitative estimate of drug-likeness (QED) is 0.741. The largest absolute Gasteiger partial charge is 0.368 e. The van der Waals surface area contributed by atoms with Crippen molar-refractivity contribution in [3.05, 3.63) is 63.1 Å². The molecule has 3 nitrogen and oxygen atoms in total. The van der Waals surface area contributed by atoms with Crippen molar-refractivity contribution in [2.24, 2.45) is 0 Å². The number of benzene rings is 2. The van der Waals surface area contributed by atoms with E-state index in [2.05, 4.69) is 36.9 Å². The second-order valence-electron chi connectivity index (χ2n) is 6.79. The molecule has 0 aliphatic carbocycles. The maximum absolute atomic E-state index is 12.6. The summed E-state index contributed by atoms with van der Waals surface area (Å²) in [7, 11) is 0. The maximum atomic E-state index is 12.6. The van der Waals surface area contributed by atoms with Crippen molar-refractivity contribution in [1.82, 2.24) is 4.90 Å². The molecule has 2 aromatic carbocycles. The van der Waals surface area contributed by atoms with Crippen LogP contribution < -0.4 is 4.90 Å². The van der Waals surface area contributed by atoms with Crippen LogP contribution in [0.15, 0.2) is 36.4 Å². The number of hydrogen-bond acceptors (Lipinski definition) is 2. The molecule has 0 N–H and O–H groups in total. The zero-order chi connectivity index (χ0) is 18.7. The molecule has 1 fully saturated rings. The predicted molar refractivity (Wildman–Crippen MR) is 109 cm³/mol. The molecule has 0 unspecified atom stereocenters. The average molecular weight is 391 g/mol. The molecule has 0 aromatic heterocycles. The summed E-state index contributed by atoms with van der Waals surface area (Å²) in [6.07, 6.45) is 1.02. The third-order valence-electron chi connectivity index (χ3n) is 5.20. The predicted octanol–water partition coefficient (Wildman–Crippen LogP) is 4.89. The lowest BCUT2D eigenvalue weighted by Gasteiger charge is -2.37. The lowest BCUT2D eigenvalue weighted by Crippen LogP contribution is -2.49. The van der Waals surface area contributed by atoms with Crippen LogP contribution in [-0.2, 0) is 11.2 Å². The fraction of sp³-hybridized carbons (Fsp3) is 0.381. The molecule has 0 saturated carbocycles. The summed E-state index contributed by atoms with van der Waals surface area (Å²) in [5, 5.41) is 1.26. The van der Waals surface area contributed by atoms with Crippen molar-refractivity contribution in [2.75, 3.05) is 31.1 Å². The SMILES string of the molecule is Cc1cccc(N2CCN(C(=O)CCc3c(Cl)cccc3Cl)CC2)c1C. The number of rotatable bonds is 4. The summed E-state index contributed by atoms with van der Waals surface area (Å²) in [5.74, 6) is 0.168. The number of amides is 1. The van der Waals surface area contributed by atoms with Crippen LogP contribution >= 0.6 is 23.2 Å². The molecule has 26 heavy (non-hydrogen) atoms. The van der Waals surface area contributed by atoms with Gasteiger partial charge in [0.15, 0.2) is 0 Å². The molecule has 1 aliphatic heterocycles. The number of hydrogen-bond donors (Lipinski definition) is 0. The lowest BCUT2D eigenvalue weighted by molar-refractivity contribution is -0.131. The van der Waals surface area contributed by atoms with E-state index in [1.807, 2.05) is 23.1 Å². The van der Waals surface area contributed by atoms with Crippen LogP contribution in [0.4, 0.5) is 5.69 Å². The molecule has 3 rings (SSSR count). The first-order valence-electron chi connectivity index (χ1n) is 8.99. The second kappa shape index (κ2) is 8.32. The number of anilines is 1. The van der Waals surface area contributed by atoms with E-state index < -0.39 is 0 Å². The van der Waals surface area contributed by atoms with Gasteiger partial charge in [0.2, 0.25) is 5.91 Å². The van der Waals surface area contributed by atoms with E-state index in [1.54, 1.807) is 0 Å². The van der Waals surface area contributed by atoms with Crippen LogP contribution in [0.25, 0.3) is 0 Å². The molecule has 0 spiro atoms. The molecular formula is C21H24Cl2N2O. The minimum absolute atomic E-state index is 0.168. The van der Waals surface area contributed by atoms with E-state index in [9.17, 15) is 4.79 Å². The molecule has 1 aliphatic rings. The van der Waals surface area contributed by atoms with Gasteiger partial charge in [-0.25, -0.2) is 0 Å². The Kier molecular flexibility index (Phi) is 6.10. The summed E-state index contributed by atoms with van der Waals surface area (Å²) in [6.45, 7) is 7.53. The van der Waals surface area contributed by atoms with Crippen molar-refractivity contribution < 1.29 is 4.79 Å². The molecule has 1 saturated heterocycles. The lowest BCUT2D eigenvalue weighted by atomic mass is 10.1. The Labute approximate surface area is 165 Å². The first kappa shape index (κ1) is 19.1. The molecule has 0 bridgehead atoms. The van der Waals surface area contributed by atoms with Crippen LogP contribution in [0, 0.1) is 13.8 Å². The second-order valence-corrected chi connectivity index (χ2v) is 7.60. The zero-order valence-electron chi connectivity index (χ0n) is 15.3. The third-order valence-corrected chi connectivity index (χ3v) is 5.91. The van der Waals surface area contributed by atoms with Crippen molar-refractivity contribution in [3.8, 4) is 0 Å².